The molecule has 1 aliphatic heterocycles. The SMILES string of the molecule is C=CCN1C(=O)NC(=Cc2cc(Br)c(O)c(Br)c2)C1=O. The van der Waals surface area contributed by atoms with Crippen LogP contribution in [0, 0.1) is 0 Å². The Morgan fingerprint density at radius 3 is 2.45 bits per heavy atom. The first-order valence-electron chi connectivity index (χ1n) is 5.57. The first-order chi connectivity index (χ1) is 9.43. The highest BCUT2D eigenvalue weighted by molar-refractivity contribution is 9.11. The fraction of sp³-hybridized carbons (Fsp3) is 0.0769. The monoisotopic (exact) mass is 400 g/mol. The zero-order valence-corrected chi connectivity index (χ0v) is 13.4. The third-order valence-electron chi connectivity index (χ3n) is 2.62. The Balaban J connectivity index is 2.35. The van der Waals surface area contributed by atoms with Crippen LogP contribution in [0.25, 0.3) is 6.08 Å². The third kappa shape index (κ3) is 2.78. The molecule has 0 aromatic heterocycles. The van der Waals surface area contributed by atoms with E-state index in [2.05, 4.69) is 43.8 Å². The van der Waals surface area contributed by atoms with Gasteiger partial charge in [0.2, 0.25) is 0 Å². The van der Waals surface area contributed by atoms with E-state index in [1.807, 2.05) is 0 Å². The summed E-state index contributed by atoms with van der Waals surface area (Å²) in [6, 6.07) is 2.81. The van der Waals surface area contributed by atoms with Crippen LogP contribution in [0.4, 0.5) is 4.79 Å². The number of halogens is 2. The van der Waals surface area contributed by atoms with Crippen LogP contribution < -0.4 is 5.32 Å². The molecule has 0 unspecified atom stereocenters. The summed E-state index contributed by atoms with van der Waals surface area (Å²) in [7, 11) is 0. The van der Waals surface area contributed by atoms with Crippen LogP contribution in [0.5, 0.6) is 5.75 Å². The minimum absolute atomic E-state index is 0.0715. The molecule has 2 rings (SSSR count). The summed E-state index contributed by atoms with van der Waals surface area (Å²) in [5.74, 6) is -0.336. The van der Waals surface area contributed by atoms with Gasteiger partial charge in [0.15, 0.2) is 0 Å². The Bertz CT molecular complexity index is 617. The van der Waals surface area contributed by atoms with Crippen molar-refractivity contribution >= 4 is 49.9 Å². The van der Waals surface area contributed by atoms with E-state index in [4.69, 9.17) is 0 Å². The van der Waals surface area contributed by atoms with Gasteiger partial charge in [-0.15, -0.1) is 6.58 Å². The van der Waals surface area contributed by atoms with Crippen molar-refractivity contribution < 1.29 is 14.7 Å². The molecule has 2 N–H and O–H groups in total. The second-order valence-corrected chi connectivity index (χ2v) is 5.73. The van der Waals surface area contributed by atoms with E-state index in [-0.39, 0.29) is 18.0 Å². The number of hydrogen-bond donors (Lipinski definition) is 2. The Morgan fingerprint density at radius 1 is 1.30 bits per heavy atom. The van der Waals surface area contributed by atoms with Gasteiger partial charge in [0.05, 0.1) is 8.95 Å². The van der Waals surface area contributed by atoms with Crippen molar-refractivity contribution in [3.05, 3.63) is 45.0 Å². The van der Waals surface area contributed by atoms with Gasteiger partial charge >= 0.3 is 6.03 Å². The number of benzene rings is 1. The predicted octanol–water partition coefficient (Wildman–Crippen LogP) is 3.00. The fourth-order valence-electron chi connectivity index (χ4n) is 1.70. The van der Waals surface area contributed by atoms with E-state index in [9.17, 15) is 14.7 Å². The van der Waals surface area contributed by atoms with Crippen molar-refractivity contribution in [2.24, 2.45) is 0 Å². The number of rotatable bonds is 3. The molecule has 5 nitrogen and oxygen atoms in total. The number of carbonyl (C=O) groups excluding carboxylic acids is 2. The summed E-state index contributed by atoms with van der Waals surface area (Å²) in [5.41, 5.74) is 0.840. The molecular weight excluding hydrogens is 392 g/mol. The van der Waals surface area contributed by atoms with Gasteiger partial charge in [0, 0.05) is 6.54 Å². The van der Waals surface area contributed by atoms with Crippen LogP contribution in [0.3, 0.4) is 0 Å². The highest BCUT2D eigenvalue weighted by Gasteiger charge is 2.32. The smallest absolute Gasteiger partial charge is 0.329 e. The second kappa shape index (κ2) is 5.80. The van der Waals surface area contributed by atoms with Crippen molar-refractivity contribution in [1.82, 2.24) is 10.2 Å². The van der Waals surface area contributed by atoms with Crippen molar-refractivity contribution in [2.45, 2.75) is 0 Å². The number of amides is 3. The summed E-state index contributed by atoms with van der Waals surface area (Å²) < 4.78 is 0.969. The summed E-state index contributed by atoms with van der Waals surface area (Å²) in [6.45, 7) is 3.66. The van der Waals surface area contributed by atoms with E-state index in [1.165, 1.54) is 12.2 Å². The summed E-state index contributed by atoms with van der Waals surface area (Å²) in [6.07, 6.45) is 3.02. The largest absolute Gasteiger partial charge is 0.506 e. The minimum Gasteiger partial charge on any atom is -0.506 e. The Labute approximate surface area is 132 Å². The van der Waals surface area contributed by atoms with Crippen molar-refractivity contribution in [1.29, 1.82) is 0 Å². The van der Waals surface area contributed by atoms with Crippen LogP contribution in [-0.4, -0.2) is 28.5 Å². The lowest BCUT2D eigenvalue weighted by Gasteiger charge is -2.07. The molecule has 0 saturated carbocycles. The van der Waals surface area contributed by atoms with E-state index in [0.29, 0.717) is 14.5 Å². The van der Waals surface area contributed by atoms with Crippen molar-refractivity contribution in [3.63, 3.8) is 0 Å². The number of imide groups is 1. The van der Waals surface area contributed by atoms with E-state index >= 15 is 0 Å². The minimum atomic E-state index is -0.474. The molecule has 1 fully saturated rings. The lowest BCUT2D eigenvalue weighted by atomic mass is 10.2. The van der Waals surface area contributed by atoms with Crippen molar-refractivity contribution in [3.8, 4) is 5.75 Å². The molecular formula is C13H10Br2N2O3. The number of carbonyl (C=O) groups is 2. The molecule has 3 amide bonds. The molecule has 20 heavy (non-hydrogen) atoms. The number of phenols is 1. The van der Waals surface area contributed by atoms with Crippen LogP contribution in [0.1, 0.15) is 5.56 Å². The fourth-order valence-corrected chi connectivity index (χ4v) is 2.92. The number of nitrogens with zero attached hydrogens (tertiary/aromatic N) is 1. The molecule has 0 spiro atoms. The van der Waals surface area contributed by atoms with Gasteiger partial charge < -0.3 is 10.4 Å². The average Bonchev–Trinajstić information content (AvgIpc) is 2.64. The van der Waals surface area contributed by atoms with Crippen LogP contribution >= 0.6 is 31.9 Å². The summed E-state index contributed by atoms with van der Waals surface area (Å²) >= 11 is 6.41. The van der Waals surface area contributed by atoms with Gasteiger partial charge in [-0.1, -0.05) is 6.08 Å². The van der Waals surface area contributed by atoms with Crippen LogP contribution in [0.2, 0.25) is 0 Å². The summed E-state index contributed by atoms with van der Waals surface area (Å²) in [5, 5.41) is 12.1. The van der Waals surface area contributed by atoms with Gasteiger partial charge in [0.25, 0.3) is 5.91 Å². The predicted molar refractivity (Wildman–Crippen MR) is 81.9 cm³/mol. The number of phenolic OH excluding ortho intramolecular Hbond substituents is 1. The third-order valence-corrected chi connectivity index (χ3v) is 3.83. The molecule has 1 saturated heterocycles. The van der Waals surface area contributed by atoms with E-state index < -0.39 is 11.9 Å². The second-order valence-electron chi connectivity index (χ2n) is 4.03. The molecule has 1 aliphatic rings. The molecule has 0 atom stereocenters. The zero-order chi connectivity index (χ0) is 14.9. The van der Waals surface area contributed by atoms with Gasteiger partial charge in [-0.3, -0.25) is 9.69 Å². The first-order valence-corrected chi connectivity index (χ1v) is 7.16. The first kappa shape index (κ1) is 14.8. The molecule has 0 aliphatic carbocycles. The maximum atomic E-state index is 12.0. The van der Waals surface area contributed by atoms with Gasteiger partial charge in [0.1, 0.15) is 11.4 Å². The number of nitrogens with one attached hydrogen (secondary N) is 1. The molecule has 7 heteroatoms. The topological polar surface area (TPSA) is 69.6 Å². The molecule has 0 radical (unpaired) electrons. The highest BCUT2D eigenvalue weighted by Crippen LogP contribution is 2.34. The number of urea groups is 1. The standard InChI is InChI=1S/C13H10Br2N2O3/c1-2-3-17-12(19)10(16-13(17)20)6-7-4-8(14)11(18)9(15)5-7/h2,4-6,18H,1,3H2,(H,16,20). The highest BCUT2D eigenvalue weighted by atomic mass is 79.9. The van der Waals surface area contributed by atoms with Crippen molar-refractivity contribution in [2.75, 3.05) is 6.54 Å². The summed E-state index contributed by atoms with van der Waals surface area (Å²) in [4.78, 5) is 24.7. The van der Waals surface area contributed by atoms with Crippen LogP contribution in [-0.2, 0) is 4.79 Å². The number of hydrogen-bond acceptors (Lipinski definition) is 3. The molecule has 1 aromatic carbocycles. The zero-order valence-electron chi connectivity index (χ0n) is 10.2. The Morgan fingerprint density at radius 2 is 1.90 bits per heavy atom. The Hall–Kier alpha value is -1.60. The maximum absolute atomic E-state index is 12.0. The lowest BCUT2D eigenvalue weighted by molar-refractivity contribution is -0.122. The molecule has 0 bridgehead atoms. The van der Waals surface area contributed by atoms with Gasteiger partial charge in [-0.05, 0) is 55.6 Å². The molecule has 1 aromatic rings. The van der Waals surface area contributed by atoms with Crippen LogP contribution in [0.15, 0.2) is 39.4 Å². The van der Waals surface area contributed by atoms with Gasteiger partial charge in [-0.2, -0.15) is 0 Å². The quantitative estimate of drug-likeness (QED) is 0.464. The number of aromatic hydroxyl groups is 1. The lowest BCUT2D eigenvalue weighted by Crippen LogP contribution is -2.30. The average molecular weight is 402 g/mol. The molecule has 1 heterocycles. The normalized spacial score (nSPS) is 16.7. The van der Waals surface area contributed by atoms with Gasteiger partial charge in [-0.25, -0.2) is 4.79 Å². The maximum Gasteiger partial charge on any atom is 0.329 e. The van der Waals surface area contributed by atoms with E-state index in [1.54, 1.807) is 12.1 Å². The Kier molecular flexibility index (Phi) is 4.29. The molecule has 104 valence electrons. The van der Waals surface area contributed by atoms with E-state index in [0.717, 1.165) is 4.90 Å².